The molecule has 0 radical (unpaired) electrons. The van der Waals surface area contributed by atoms with Gasteiger partial charge >= 0.3 is 0 Å². The Morgan fingerprint density at radius 2 is 1.93 bits per heavy atom. The first-order valence-electron chi connectivity index (χ1n) is 8.74. The number of aromatic nitrogens is 1. The van der Waals surface area contributed by atoms with Crippen molar-refractivity contribution in [3.05, 3.63) is 59.4 Å². The van der Waals surface area contributed by atoms with Gasteiger partial charge in [0.2, 0.25) is 11.8 Å². The first kappa shape index (κ1) is 19.2. The molecule has 1 unspecified atom stereocenters. The molecule has 1 aromatic carbocycles. The zero-order valence-corrected chi connectivity index (χ0v) is 15.8. The number of carbonyl (C=O) groups excluding carboxylic acids is 4. The van der Waals surface area contributed by atoms with Crippen LogP contribution in [0.25, 0.3) is 0 Å². The highest BCUT2D eigenvalue weighted by atomic mass is 16.2. The number of hydrazine groups is 1. The number of hydrogen-bond acceptors (Lipinski definition) is 5. The summed E-state index contributed by atoms with van der Waals surface area (Å²) in [6, 6.07) is 7.27. The van der Waals surface area contributed by atoms with Gasteiger partial charge in [-0.2, -0.15) is 0 Å². The summed E-state index contributed by atoms with van der Waals surface area (Å²) in [6.07, 6.45) is 2.65. The Bertz CT molecular complexity index is 958. The minimum atomic E-state index is -1.10. The summed E-state index contributed by atoms with van der Waals surface area (Å²) in [5, 5.41) is 0.913. The number of nitrogens with zero attached hydrogens (tertiary/aromatic N) is 3. The molecule has 0 spiro atoms. The van der Waals surface area contributed by atoms with Gasteiger partial charge in [-0.15, -0.1) is 0 Å². The molecule has 1 atom stereocenters. The van der Waals surface area contributed by atoms with E-state index in [1.807, 2.05) is 19.9 Å². The molecular formula is C20H20N4O4. The van der Waals surface area contributed by atoms with Gasteiger partial charge in [-0.3, -0.25) is 29.6 Å². The van der Waals surface area contributed by atoms with E-state index in [9.17, 15) is 19.2 Å². The SMILES string of the molecule is CC(=O)N(NC(=O)c1cccnc1)C1CC(=O)N(c2ccc(C)c(C)c2)C1=O. The highest BCUT2D eigenvalue weighted by molar-refractivity contribution is 6.23. The number of aryl methyl sites for hydroxylation is 2. The average Bonchev–Trinajstić information content (AvgIpc) is 2.96. The Morgan fingerprint density at radius 3 is 2.54 bits per heavy atom. The fraction of sp³-hybridized carbons (Fsp3) is 0.250. The van der Waals surface area contributed by atoms with Crippen molar-refractivity contribution in [2.24, 2.45) is 0 Å². The fourth-order valence-corrected chi connectivity index (χ4v) is 3.00. The first-order chi connectivity index (χ1) is 13.3. The molecule has 8 nitrogen and oxygen atoms in total. The predicted molar refractivity (Wildman–Crippen MR) is 101 cm³/mol. The molecule has 1 N–H and O–H groups in total. The van der Waals surface area contributed by atoms with Crippen LogP contribution in [0.4, 0.5) is 5.69 Å². The van der Waals surface area contributed by atoms with Crippen molar-refractivity contribution in [3.8, 4) is 0 Å². The van der Waals surface area contributed by atoms with E-state index >= 15 is 0 Å². The molecule has 2 heterocycles. The van der Waals surface area contributed by atoms with Crippen molar-refractivity contribution in [3.63, 3.8) is 0 Å². The quantitative estimate of drug-likeness (QED) is 0.643. The smallest absolute Gasteiger partial charge is 0.271 e. The Balaban J connectivity index is 1.85. The molecule has 2 aromatic rings. The van der Waals surface area contributed by atoms with Gasteiger partial charge in [-0.25, -0.2) is 9.91 Å². The molecule has 1 fully saturated rings. The van der Waals surface area contributed by atoms with E-state index in [0.717, 1.165) is 21.0 Å². The number of amides is 4. The lowest BCUT2D eigenvalue weighted by Crippen LogP contribution is -2.54. The monoisotopic (exact) mass is 380 g/mol. The second-order valence-electron chi connectivity index (χ2n) is 6.63. The second kappa shape index (κ2) is 7.59. The number of hydrogen-bond donors (Lipinski definition) is 1. The van der Waals surface area contributed by atoms with Crippen molar-refractivity contribution in [2.75, 3.05) is 4.90 Å². The second-order valence-corrected chi connectivity index (χ2v) is 6.63. The number of pyridine rings is 1. The van der Waals surface area contributed by atoms with Crippen molar-refractivity contribution < 1.29 is 19.2 Å². The number of rotatable bonds is 3. The summed E-state index contributed by atoms with van der Waals surface area (Å²) in [5.74, 6) is -2.13. The maximum absolute atomic E-state index is 12.9. The van der Waals surface area contributed by atoms with Gasteiger partial charge in [0.15, 0.2) is 0 Å². The maximum Gasteiger partial charge on any atom is 0.271 e. The summed E-state index contributed by atoms with van der Waals surface area (Å²) in [5.41, 5.74) is 5.08. The van der Waals surface area contributed by atoms with Crippen LogP contribution in [0.5, 0.6) is 0 Å². The number of benzene rings is 1. The Labute approximate surface area is 162 Å². The van der Waals surface area contributed by atoms with E-state index in [1.54, 1.807) is 18.2 Å². The van der Waals surface area contributed by atoms with Gasteiger partial charge in [-0.05, 0) is 49.2 Å². The van der Waals surface area contributed by atoms with Crippen LogP contribution in [-0.4, -0.2) is 39.7 Å². The molecule has 1 aliphatic rings. The zero-order chi connectivity index (χ0) is 20.4. The summed E-state index contributed by atoms with van der Waals surface area (Å²) in [6.45, 7) is 5.04. The molecule has 144 valence electrons. The molecule has 0 bridgehead atoms. The molecule has 1 saturated heterocycles. The Hall–Kier alpha value is -3.55. The number of imide groups is 1. The highest BCUT2D eigenvalue weighted by Crippen LogP contribution is 2.27. The van der Waals surface area contributed by atoms with Crippen LogP contribution in [-0.2, 0) is 14.4 Å². The van der Waals surface area contributed by atoms with Crippen LogP contribution in [0, 0.1) is 13.8 Å². The van der Waals surface area contributed by atoms with Gasteiger partial charge in [0.1, 0.15) is 6.04 Å². The van der Waals surface area contributed by atoms with Gasteiger partial charge in [0.05, 0.1) is 17.7 Å². The van der Waals surface area contributed by atoms with Gasteiger partial charge in [-0.1, -0.05) is 6.07 Å². The van der Waals surface area contributed by atoms with E-state index < -0.39 is 29.7 Å². The molecule has 3 rings (SSSR count). The van der Waals surface area contributed by atoms with Gasteiger partial charge in [0, 0.05) is 19.3 Å². The predicted octanol–water partition coefficient (Wildman–Crippen LogP) is 1.52. The van der Waals surface area contributed by atoms with Crippen LogP contribution in [0.2, 0.25) is 0 Å². The summed E-state index contributed by atoms with van der Waals surface area (Å²) >= 11 is 0. The van der Waals surface area contributed by atoms with Crippen LogP contribution >= 0.6 is 0 Å². The van der Waals surface area contributed by atoms with Crippen LogP contribution in [0.15, 0.2) is 42.7 Å². The average molecular weight is 380 g/mol. The van der Waals surface area contributed by atoms with E-state index in [2.05, 4.69) is 10.4 Å². The van der Waals surface area contributed by atoms with E-state index in [1.165, 1.54) is 25.4 Å². The lowest BCUT2D eigenvalue weighted by Gasteiger charge is -2.26. The van der Waals surface area contributed by atoms with Crippen LogP contribution < -0.4 is 10.3 Å². The van der Waals surface area contributed by atoms with E-state index in [4.69, 9.17) is 0 Å². The molecule has 8 heteroatoms. The third-order valence-electron chi connectivity index (χ3n) is 4.67. The van der Waals surface area contributed by atoms with Crippen molar-refractivity contribution in [1.82, 2.24) is 15.4 Å². The third kappa shape index (κ3) is 3.62. The highest BCUT2D eigenvalue weighted by Gasteiger charge is 2.44. The third-order valence-corrected chi connectivity index (χ3v) is 4.67. The molecule has 0 saturated carbocycles. The lowest BCUT2D eigenvalue weighted by molar-refractivity contribution is -0.139. The molecular weight excluding hydrogens is 360 g/mol. The van der Waals surface area contributed by atoms with Crippen LogP contribution in [0.1, 0.15) is 34.8 Å². The van der Waals surface area contributed by atoms with Crippen molar-refractivity contribution >= 4 is 29.3 Å². The maximum atomic E-state index is 12.9. The van der Waals surface area contributed by atoms with Gasteiger partial charge in [0.25, 0.3) is 11.8 Å². The molecule has 4 amide bonds. The minimum Gasteiger partial charge on any atom is -0.274 e. The topological polar surface area (TPSA) is 99.7 Å². The number of nitrogens with one attached hydrogen (secondary N) is 1. The number of anilines is 1. The summed E-state index contributed by atoms with van der Waals surface area (Å²) in [4.78, 5) is 54.8. The zero-order valence-electron chi connectivity index (χ0n) is 15.8. The normalized spacial score (nSPS) is 16.2. The molecule has 28 heavy (non-hydrogen) atoms. The van der Waals surface area contributed by atoms with Crippen molar-refractivity contribution in [2.45, 2.75) is 33.2 Å². The minimum absolute atomic E-state index is 0.210. The number of carbonyl (C=O) groups is 4. The van der Waals surface area contributed by atoms with Crippen LogP contribution in [0.3, 0.4) is 0 Å². The largest absolute Gasteiger partial charge is 0.274 e. The first-order valence-corrected chi connectivity index (χ1v) is 8.74. The standard InChI is InChI=1S/C20H20N4O4/c1-12-6-7-16(9-13(12)2)23-18(26)10-17(20(23)28)24(14(3)25)22-19(27)15-5-4-8-21-11-15/h4-9,11,17H,10H2,1-3H3,(H,22,27). The van der Waals surface area contributed by atoms with E-state index in [0.29, 0.717) is 5.69 Å². The molecule has 0 aliphatic carbocycles. The summed E-state index contributed by atoms with van der Waals surface area (Å²) in [7, 11) is 0. The Morgan fingerprint density at radius 1 is 1.18 bits per heavy atom. The summed E-state index contributed by atoms with van der Waals surface area (Å²) < 4.78 is 0. The molecule has 1 aliphatic heterocycles. The van der Waals surface area contributed by atoms with E-state index in [-0.39, 0.29) is 12.0 Å². The van der Waals surface area contributed by atoms with Crippen molar-refractivity contribution in [1.29, 1.82) is 0 Å². The Kier molecular flexibility index (Phi) is 5.21. The fourth-order valence-electron chi connectivity index (χ4n) is 3.00. The molecule has 1 aromatic heterocycles. The lowest BCUT2D eigenvalue weighted by atomic mass is 10.1. The van der Waals surface area contributed by atoms with Gasteiger partial charge < -0.3 is 0 Å².